The van der Waals surface area contributed by atoms with Crippen molar-refractivity contribution >= 4 is 5.91 Å². The minimum absolute atomic E-state index is 0.0704. The fourth-order valence-electron chi connectivity index (χ4n) is 3.28. The van der Waals surface area contributed by atoms with Crippen LogP contribution in [-0.4, -0.2) is 20.7 Å². The van der Waals surface area contributed by atoms with E-state index in [-0.39, 0.29) is 5.91 Å². The van der Waals surface area contributed by atoms with Gasteiger partial charge in [-0.05, 0) is 43.0 Å². The van der Waals surface area contributed by atoms with Crippen LogP contribution in [0.5, 0.6) is 0 Å². The predicted molar refractivity (Wildman–Crippen MR) is 107 cm³/mol. The van der Waals surface area contributed by atoms with Gasteiger partial charge >= 0.3 is 0 Å². The van der Waals surface area contributed by atoms with Gasteiger partial charge in [-0.15, -0.1) is 0 Å². The van der Waals surface area contributed by atoms with Gasteiger partial charge in [-0.1, -0.05) is 44.5 Å². The van der Waals surface area contributed by atoms with Crippen LogP contribution in [0.25, 0.3) is 5.69 Å². The molecule has 0 saturated heterocycles. The second-order valence-electron chi connectivity index (χ2n) is 6.61. The van der Waals surface area contributed by atoms with Gasteiger partial charge in [0, 0.05) is 18.9 Å². The first kappa shape index (κ1) is 18.8. The Morgan fingerprint density at radius 1 is 1.15 bits per heavy atom. The number of benzene rings is 1. The Hall–Kier alpha value is -2.95. The van der Waals surface area contributed by atoms with E-state index >= 15 is 0 Å². The molecule has 0 saturated carbocycles. The summed E-state index contributed by atoms with van der Waals surface area (Å²) >= 11 is 0. The van der Waals surface area contributed by atoms with Crippen LogP contribution in [0.1, 0.15) is 53.1 Å². The predicted octanol–water partition coefficient (Wildman–Crippen LogP) is 4.02. The topological polar surface area (TPSA) is 59.8 Å². The first-order valence-corrected chi connectivity index (χ1v) is 9.49. The smallest absolute Gasteiger partial charge is 0.255 e. The van der Waals surface area contributed by atoms with E-state index in [0.717, 1.165) is 47.5 Å². The van der Waals surface area contributed by atoms with Crippen molar-refractivity contribution in [3.63, 3.8) is 0 Å². The summed E-state index contributed by atoms with van der Waals surface area (Å²) in [7, 11) is 0. The average molecular weight is 362 g/mol. The molecule has 140 valence electrons. The number of para-hydroxylation sites is 1. The number of nitrogens with zero attached hydrogens (tertiary/aromatic N) is 3. The van der Waals surface area contributed by atoms with Gasteiger partial charge in [0.25, 0.3) is 5.91 Å². The molecule has 0 spiro atoms. The maximum atomic E-state index is 13.0. The number of nitrogens with one attached hydrogen (secondary N) is 1. The van der Waals surface area contributed by atoms with Crippen molar-refractivity contribution in [3.8, 4) is 5.69 Å². The zero-order valence-electron chi connectivity index (χ0n) is 16.2. The molecule has 27 heavy (non-hydrogen) atoms. The van der Waals surface area contributed by atoms with E-state index in [9.17, 15) is 4.79 Å². The Kier molecular flexibility index (Phi) is 6.01. The number of aromatic nitrogens is 3. The second-order valence-corrected chi connectivity index (χ2v) is 6.61. The van der Waals surface area contributed by atoms with E-state index in [4.69, 9.17) is 5.10 Å². The highest BCUT2D eigenvalue weighted by Crippen LogP contribution is 2.23. The molecule has 3 rings (SSSR count). The summed E-state index contributed by atoms with van der Waals surface area (Å²) in [6.07, 6.45) is 5.95. The van der Waals surface area contributed by atoms with E-state index in [2.05, 4.69) is 43.2 Å². The first-order valence-electron chi connectivity index (χ1n) is 9.49. The van der Waals surface area contributed by atoms with Crippen molar-refractivity contribution in [2.24, 2.45) is 0 Å². The number of rotatable bonds is 7. The third-order valence-electron chi connectivity index (χ3n) is 4.62. The molecule has 0 atom stereocenters. The Morgan fingerprint density at radius 2 is 1.96 bits per heavy atom. The SMILES string of the molecule is CCCc1nn(-c2ccccc2C)c(CC)c1C(=O)NCc1cccnc1. The lowest BCUT2D eigenvalue weighted by atomic mass is 10.1. The van der Waals surface area contributed by atoms with E-state index in [0.29, 0.717) is 12.1 Å². The van der Waals surface area contributed by atoms with Crippen LogP contribution < -0.4 is 5.32 Å². The number of aryl methyl sites for hydroxylation is 2. The Balaban J connectivity index is 1.97. The van der Waals surface area contributed by atoms with Gasteiger partial charge in [-0.3, -0.25) is 9.78 Å². The van der Waals surface area contributed by atoms with E-state index in [1.54, 1.807) is 12.4 Å². The number of pyridine rings is 1. The van der Waals surface area contributed by atoms with Crippen molar-refractivity contribution in [2.75, 3.05) is 0 Å². The highest BCUT2D eigenvalue weighted by molar-refractivity contribution is 5.96. The normalized spacial score (nSPS) is 10.8. The van der Waals surface area contributed by atoms with Gasteiger partial charge in [-0.2, -0.15) is 5.10 Å². The Bertz CT molecular complexity index is 915. The number of hydrogen-bond donors (Lipinski definition) is 1. The van der Waals surface area contributed by atoms with Crippen molar-refractivity contribution in [2.45, 2.75) is 46.6 Å². The zero-order chi connectivity index (χ0) is 19.2. The summed E-state index contributed by atoms with van der Waals surface area (Å²) in [5.74, 6) is -0.0704. The molecular weight excluding hydrogens is 336 g/mol. The molecule has 0 radical (unpaired) electrons. The fourth-order valence-corrected chi connectivity index (χ4v) is 3.28. The van der Waals surface area contributed by atoms with Crippen LogP contribution in [0.3, 0.4) is 0 Å². The Morgan fingerprint density at radius 3 is 2.63 bits per heavy atom. The third-order valence-corrected chi connectivity index (χ3v) is 4.62. The van der Waals surface area contributed by atoms with Crippen LogP contribution in [0.2, 0.25) is 0 Å². The number of carbonyl (C=O) groups excluding carboxylic acids is 1. The van der Waals surface area contributed by atoms with E-state index < -0.39 is 0 Å². The summed E-state index contributed by atoms with van der Waals surface area (Å²) in [5, 5.41) is 7.86. The minimum Gasteiger partial charge on any atom is -0.348 e. The summed E-state index contributed by atoms with van der Waals surface area (Å²) in [4.78, 5) is 17.1. The number of carbonyl (C=O) groups is 1. The van der Waals surface area contributed by atoms with E-state index in [1.165, 1.54) is 0 Å². The molecule has 0 aliphatic carbocycles. The highest BCUT2D eigenvalue weighted by Gasteiger charge is 2.23. The molecule has 3 aromatic rings. The maximum Gasteiger partial charge on any atom is 0.255 e. The number of amides is 1. The molecule has 0 bridgehead atoms. The average Bonchev–Trinajstić information content (AvgIpc) is 3.05. The van der Waals surface area contributed by atoms with Crippen LogP contribution in [0.4, 0.5) is 0 Å². The van der Waals surface area contributed by atoms with Crippen LogP contribution in [-0.2, 0) is 19.4 Å². The third kappa shape index (κ3) is 4.08. The molecule has 0 unspecified atom stereocenters. The Labute approximate surface area is 160 Å². The van der Waals surface area contributed by atoms with Gasteiger partial charge < -0.3 is 5.32 Å². The van der Waals surface area contributed by atoms with Crippen LogP contribution in [0, 0.1) is 6.92 Å². The van der Waals surface area contributed by atoms with Crippen molar-refractivity contribution < 1.29 is 4.79 Å². The molecule has 2 aromatic heterocycles. The summed E-state index contributed by atoms with van der Waals surface area (Å²) in [6.45, 7) is 6.70. The lowest BCUT2D eigenvalue weighted by Gasteiger charge is -2.10. The lowest BCUT2D eigenvalue weighted by molar-refractivity contribution is 0.0949. The molecule has 1 N–H and O–H groups in total. The molecule has 0 aliphatic rings. The fraction of sp³-hybridized carbons (Fsp3) is 0.318. The highest BCUT2D eigenvalue weighted by atomic mass is 16.1. The molecular formula is C22H26N4O. The summed E-state index contributed by atoms with van der Waals surface area (Å²) < 4.78 is 1.94. The lowest BCUT2D eigenvalue weighted by Crippen LogP contribution is -2.25. The maximum absolute atomic E-state index is 13.0. The van der Waals surface area contributed by atoms with Crippen molar-refractivity contribution in [1.82, 2.24) is 20.1 Å². The van der Waals surface area contributed by atoms with Gasteiger partial charge in [0.05, 0.1) is 22.6 Å². The zero-order valence-corrected chi connectivity index (χ0v) is 16.2. The van der Waals surface area contributed by atoms with Gasteiger partial charge in [0.15, 0.2) is 0 Å². The summed E-state index contributed by atoms with van der Waals surface area (Å²) in [5.41, 5.74) is 5.68. The van der Waals surface area contributed by atoms with Crippen molar-refractivity contribution in [1.29, 1.82) is 0 Å². The van der Waals surface area contributed by atoms with E-state index in [1.807, 2.05) is 28.9 Å². The van der Waals surface area contributed by atoms with Gasteiger partial charge in [0.2, 0.25) is 0 Å². The molecule has 5 heteroatoms. The second kappa shape index (κ2) is 8.62. The molecule has 2 heterocycles. The quantitative estimate of drug-likeness (QED) is 0.690. The van der Waals surface area contributed by atoms with Crippen LogP contribution in [0.15, 0.2) is 48.8 Å². The van der Waals surface area contributed by atoms with Crippen LogP contribution >= 0.6 is 0 Å². The molecule has 1 amide bonds. The largest absolute Gasteiger partial charge is 0.348 e. The first-order chi connectivity index (χ1) is 13.2. The molecule has 0 aliphatic heterocycles. The molecule has 1 aromatic carbocycles. The standard InChI is InChI=1S/C22H26N4O/c1-4-9-18-21(22(27)24-15-17-11-8-13-23-14-17)19(5-2)26(25-18)20-12-7-6-10-16(20)3/h6-8,10-14H,4-5,9,15H2,1-3H3,(H,24,27). The summed E-state index contributed by atoms with van der Waals surface area (Å²) in [6, 6.07) is 12.0. The van der Waals surface area contributed by atoms with Gasteiger partial charge in [0.1, 0.15) is 0 Å². The number of hydrogen-bond acceptors (Lipinski definition) is 3. The minimum atomic E-state index is -0.0704. The molecule has 5 nitrogen and oxygen atoms in total. The van der Waals surface area contributed by atoms with Gasteiger partial charge in [-0.25, -0.2) is 4.68 Å². The van der Waals surface area contributed by atoms with Crippen molar-refractivity contribution in [3.05, 3.63) is 76.9 Å². The molecule has 0 fully saturated rings. The monoisotopic (exact) mass is 362 g/mol.